The molecule has 1 atom stereocenters. The van der Waals surface area contributed by atoms with E-state index in [1.54, 1.807) is 14.2 Å². The van der Waals surface area contributed by atoms with Crippen molar-refractivity contribution in [1.29, 1.82) is 0 Å². The van der Waals surface area contributed by atoms with E-state index in [2.05, 4.69) is 30.1 Å². The van der Waals surface area contributed by atoms with Crippen molar-refractivity contribution >= 4 is 0 Å². The van der Waals surface area contributed by atoms with Gasteiger partial charge in [-0.25, -0.2) is 0 Å². The lowest BCUT2D eigenvalue weighted by Crippen LogP contribution is -2.36. The zero-order valence-electron chi connectivity index (χ0n) is 13.7. The van der Waals surface area contributed by atoms with Gasteiger partial charge in [0, 0.05) is 30.3 Å². The van der Waals surface area contributed by atoms with Gasteiger partial charge < -0.3 is 14.8 Å². The van der Waals surface area contributed by atoms with Gasteiger partial charge in [0.25, 0.3) is 0 Å². The van der Waals surface area contributed by atoms with E-state index in [1.165, 1.54) is 18.4 Å². The van der Waals surface area contributed by atoms with Crippen LogP contribution in [0.4, 0.5) is 0 Å². The summed E-state index contributed by atoms with van der Waals surface area (Å²) in [5.74, 6) is 1.73. The Balaban J connectivity index is 2.19. The lowest BCUT2D eigenvalue weighted by Gasteiger charge is -2.28. The van der Waals surface area contributed by atoms with Crippen LogP contribution in [0, 0.1) is 0 Å². The molecule has 1 fully saturated rings. The minimum atomic E-state index is 0.288. The second-order valence-corrected chi connectivity index (χ2v) is 5.54. The van der Waals surface area contributed by atoms with Gasteiger partial charge in [0.1, 0.15) is 11.5 Å². The van der Waals surface area contributed by atoms with Gasteiger partial charge in [0.15, 0.2) is 0 Å². The zero-order valence-corrected chi connectivity index (χ0v) is 13.7. The number of likely N-dealkylation sites (N-methyl/N-ethyl adjacent to an activating group) is 2. The lowest BCUT2D eigenvalue weighted by atomic mass is 10.0. The molecule has 0 amide bonds. The molecule has 1 aliphatic carbocycles. The highest BCUT2D eigenvalue weighted by Gasteiger charge is 2.30. The molecule has 1 unspecified atom stereocenters. The number of hydrogen-bond acceptors (Lipinski definition) is 4. The summed E-state index contributed by atoms with van der Waals surface area (Å²) in [6.45, 7) is 7.47. The van der Waals surface area contributed by atoms with Crippen LogP contribution in [-0.2, 0) is 0 Å². The van der Waals surface area contributed by atoms with Crippen molar-refractivity contribution in [2.45, 2.75) is 38.8 Å². The quantitative estimate of drug-likeness (QED) is 0.759. The van der Waals surface area contributed by atoms with Crippen LogP contribution in [0.3, 0.4) is 0 Å². The van der Waals surface area contributed by atoms with E-state index >= 15 is 0 Å². The molecule has 0 aliphatic heterocycles. The van der Waals surface area contributed by atoms with Gasteiger partial charge in [0.2, 0.25) is 0 Å². The molecule has 1 aromatic rings. The first-order valence-corrected chi connectivity index (χ1v) is 7.92. The SMILES string of the molecule is CCNC(CN(CC)C1CC1)c1ccc(OC)cc1OC. The third-order valence-electron chi connectivity index (χ3n) is 4.15. The fraction of sp³-hybridized carbons (Fsp3) is 0.647. The van der Waals surface area contributed by atoms with Crippen molar-refractivity contribution < 1.29 is 9.47 Å². The summed E-state index contributed by atoms with van der Waals surface area (Å²) in [6, 6.07) is 7.16. The largest absolute Gasteiger partial charge is 0.497 e. The molecule has 4 heteroatoms. The number of ether oxygens (including phenoxy) is 2. The van der Waals surface area contributed by atoms with Gasteiger partial charge in [-0.1, -0.05) is 19.9 Å². The van der Waals surface area contributed by atoms with E-state index in [4.69, 9.17) is 9.47 Å². The standard InChI is InChI=1S/C17H28N2O2/c1-5-18-16(12-19(6-2)13-7-8-13)15-10-9-14(20-3)11-17(15)21-4/h9-11,13,16,18H,5-8,12H2,1-4H3. The molecule has 1 aliphatic rings. The topological polar surface area (TPSA) is 33.7 Å². The van der Waals surface area contributed by atoms with Gasteiger partial charge >= 0.3 is 0 Å². The normalized spacial score (nSPS) is 16.0. The van der Waals surface area contributed by atoms with Crippen LogP contribution in [-0.4, -0.2) is 44.8 Å². The summed E-state index contributed by atoms with van der Waals surface area (Å²) in [7, 11) is 3.40. The summed E-state index contributed by atoms with van der Waals surface area (Å²) in [5, 5.41) is 3.60. The minimum Gasteiger partial charge on any atom is -0.497 e. The fourth-order valence-electron chi connectivity index (χ4n) is 2.84. The van der Waals surface area contributed by atoms with Gasteiger partial charge in [-0.15, -0.1) is 0 Å². The zero-order chi connectivity index (χ0) is 15.2. The van der Waals surface area contributed by atoms with Crippen LogP contribution in [0.15, 0.2) is 18.2 Å². The number of methoxy groups -OCH3 is 2. The average molecular weight is 292 g/mol. The van der Waals surface area contributed by atoms with Crippen molar-refractivity contribution in [3.05, 3.63) is 23.8 Å². The Bertz CT molecular complexity index is 446. The molecule has 0 aromatic heterocycles. The molecule has 4 nitrogen and oxygen atoms in total. The van der Waals surface area contributed by atoms with Gasteiger partial charge in [-0.2, -0.15) is 0 Å². The second-order valence-electron chi connectivity index (χ2n) is 5.54. The van der Waals surface area contributed by atoms with Crippen LogP contribution < -0.4 is 14.8 Å². The summed E-state index contributed by atoms with van der Waals surface area (Å²) < 4.78 is 10.9. The van der Waals surface area contributed by atoms with Crippen molar-refractivity contribution in [2.24, 2.45) is 0 Å². The molecule has 0 saturated heterocycles. The molecule has 0 heterocycles. The van der Waals surface area contributed by atoms with Crippen LogP contribution in [0.1, 0.15) is 38.3 Å². The maximum absolute atomic E-state index is 5.57. The molecule has 21 heavy (non-hydrogen) atoms. The molecule has 1 aromatic carbocycles. The number of nitrogens with zero attached hydrogens (tertiary/aromatic N) is 1. The molecular weight excluding hydrogens is 264 g/mol. The van der Waals surface area contributed by atoms with E-state index in [-0.39, 0.29) is 6.04 Å². The predicted octanol–water partition coefficient (Wildman–Crippen LogP) is 2.84. The van der Waals surface area contributed by atoms with E-state index in [0.717, 1.165) is 37.2 Å². The maximum Gasteiger partial charge on any atom is 0.127 e. The van der Waals surface area contributed by atoms with Crippen molar-refractivity contribution in [1.82, 2.24) is 10.2 Å². The van der Waals surface area contributed by atoms with E-state index < -0.39 is 0 Å². The Morgan fingerprint density at radius 2 is 2.00 bits per heavy atom. The van der Waals surface area contributed by atoms with Crippen molar-refractivity contribution in [3.8, 4) is 11.5 Å². The third-order valence-corrected chi connectivity index (χ3v) is 4.15. The molecule has 1 N–H and O–H groups in total. The Kier molecular flexibility index (Phi) is 5.88. The number of hydrogen-bond donors (Lipinski definition) is 1. The molecule has 0 radical (unpaired) electrons. The highest BCUT2D eigenvalue weighted by atomic mass is 16.5. The number of nitrogens with one attached hydrogen (secondary N) is 1. The summed E-state index contributed by atoms with van der Waals surface area (Å²) >= 11 is 0. The first kappa shape index (κ1) is 16.1. The summed E-state index contributed by atoms with van der Waals surface area (Å²) in [5.41, 5.74) is 1.21. The van der Waals surface area contributed by atoms with Gasteiger partial charge in [-0.3, -0.25) is 4.90 Å². The van der Waals surface area contributed by atoms with Crippen LogP contribution in [0.25, 0.3) is 0 Å². The molecule has 2 rings (SSSR count). The van der Waals surface area contributed by atoms with Crippen LogP contribution in [0.2, 0.25) is 0 Å². The van der Waals surface area contributed by atoms with E-state index in [0.29, 0.717) is 0 Å². The van der Waals surface area contributed by atoms with Crippen LogP contribution in [0.5, 0.6) is 11.5 Å². The van der Waals surface area contributed by atoms with E-state index in [1.807, 2.05) is 12.1 Å². The lowest BCUT2D eigenvalue weighted by molar-refractivity contribution is 0.242. The molecular formula is C17H28N2O2. The second kappa shape index (κ2) is 7.66. The van der Waals surface area contributed by atoms with Gasteiger partial charge in [0.05, 0.1) is 14.2 Å². The van der Waals surface area contributed by atoms with Crippen molar-refractivity contribution in [2.75, 3.05) is 33.9 Å². The highest BCUT2D eigenvalue weighted by Crippen LogP contribution is 2.33. The maximum atomic E-state index is 5.57. The highest BCUT2D eigenvalue weighted by molar-refractivity contribution is 5.42. The molecule has 1 saturated carbocycles. The van der Waals surface area contributed by atoms with Crippen molar-refractivity contribution in [3.63, 3.8) is 0 Å². The monoisotopic (exact) mass is 292 g/mol. The summed E-state index contributed by atoms with van der Waals surface area (Å²) in [6.07, 6.45) is 2.68. The fourth-order valence-corrected chi connectivity index (χ4v) is 2.84. The first-order chi connectivity index (χ1) is 10.2. The summed E-state index contributed by atoms with van der Waals surface area (Å²) in [4.78, 5) is 2.57. The molecule has 118 valence electrons. The van der Waals surface area contributed by atoms with Crippen LogP contribution >= 0.6 is 0 Å². The Morgan fingerprint density at radius 3 is 2.52 bits per heavy atom. The molecule has 0 bridgehead atoms. The predicted molar refractivity (Wildman–Crippen MR) is 86.2 cm³/mol. The Morgan fingerprint density at radius 1 is 1.24 bits per heavy atom. The number of benzene rings is 1. The number of rotatable bonds is 9. The molecule has 0 spiro atoms. The first-order valence-electron chi connectivity index (χ1n) is 7.92. The van der Waals surface area contributed by atoms with E-state index in [9.17, 15) is 0 Å². The Labute approximate surface area is 128 Å². The third kappa shape index (κ3) is 4.11. The smallest absolute Gasteiger partial charge is 0.127 e. The Hall–Kier alpha value is -1.26. The van der Waals surface area contributed by atoms with Gasteiger partial charge in [-0.05, 0) is 32.0 Å². The minimum absolute atomic E-state index is 0.288. The average Bonchev–Trinajstić information content (AvgIpc) is 3.35.